The van der Waals surface area contributed by atoms with Gasteiger partial charge in [-0.2, -0.15) is 0 Å². The maximum absolute atomic E-state index is 8.95. The van der Waals surface area contributed by atoms with Gasteiger partial charge >= 0.3 is 63.8 Å². The molecule has 32 valence electrons. The van der Waals surface area contributed by atoms with Gasteiger partial charge in [-0.25, -0.2) is 0 Å². The molecule has 0 aliphatic carbocycles. The Kier molecular flexibility index (Phi) is 25.8. The van der Waals surface area contributed by atoms with E-state index in [0.29, 0.717) is 0 Å². The van der Waals surface area contributed by atoms with Gasteiger partial charge in [-0.3, -0.25) is 0 Å². The first-order valence-corrected chi connectivity index (χ1v) is 2.98. The van der Waals surface area contributed by atoms with Crippen LogP contribution in [0.2, 0.25) is 0 Å². The van der Waals surface area contributed by atoms with E-state index in [0.717, 1.165) is 0 Å². The van der Waals surface area contributed by atoms with Crippen molar-refractivity contribution < 1.29 is 15.0 Å². The summed E-state index contributed by atoms with van der Waals surface area (Å²) in [5.41, 5.74) is 0. The van der Waals surface area contributed by atoms with Crippen LogP contribution in [-0.2, 0) is 4.46 Å². The first-order chi connectivity index (χ1) is 1.73. The molecule has 0 saturated heterocycles. The largest absolute Gasteiger partial charge is 2.00 e. The Morgan fingerprint density at radius 1 is 1.83 bits per heavy atom. The molecule has 6 heteroatoms. The molecule has 2 nitrogen and oxygen atoms in total. The second kappa shape index (κ2) is 9.90. The summed E-state index contributed by atoms with van der Waals surface area (Å²) in [6.45, 7) is 0. The van der Waals surface area contributed by atoms with Crippen LogP contribution in [0.15, 0.2) is 0 Å². The van der Waals surface area contributed by atoms with Crippen molar-refractivity contribution in [2.24, 2.45) is 0 Å². The van der Waals surface area contributed by atoms with E-state index in [4.69, 9.17) is 9.26 Å². The quantitative estimate of drug-likeness (QED) is 0.413. The second-order valence-corrected chi connectivity index (χ2v) is 1.73. The van der Waals surface area contributed by atoms with Crippen molar-refractivity contribution in [3.8, 4) is 0 Å². The summed E-state index contributed by atoms with van der Waals surface area (Å²) in [5.74, 6) is 0. The zero-order valence-electron chi connectivity index (χ0n) is 7.15. The Bertz CT molecular complexity index is 46.2. The molecule has 0 saturated carbocycles. The Morgan fingerprint density at radius 3 is 1.83 bits per heavy atom. The molecule has 0 rings (SSSR count). The predicted octanol–water partition coefficient (Wildman–Crippen LogP) is -0.679. The van der Waals surface area contributed by atoms with Crippen LogP contribution >= 0.6 is 11.1 Å². The van der Waals surface area contributed by atoms with Gasteiger partial charge in [-0.1, -0.05) is 0 Å². The van der Waals surface area contributed by atoms with Crippen molar-refractivity contribution in [2.45, 2.75) is 0 Å². The molecule has 0 aliphatic heterocycles. The third kappa shape index (κ3) is 42.2. The average molecular weight is 197 g/mol. The van der Waals surface area contributed by atoms with Crippen molar-refractivity contribution in [1.29, 1.82) is 0 Å². The second-order valence-electron chi connectivity index (χ2n) is 0.253. The smallest absolute Gasteiger partial charge is 1.00 e. The molecule has 0 aromatic heterocycles. The third-order valence-electron chi connectivity index (χ3n) is 0. The van der Waals surface area contributed by atoms with E-state index in [1.54, 1.807) is 0 Å². The summed E-state index contributed by atoms with van der Waals surface area (Å²) in [6.07, 6.45) is 0. The van der Waals surface area contributed by atoms with Crippen molar-refractivity contribution in [2.75, 3.05) is 0 Å². The fourth-order valence-corrected chi connectivity index (χ4v) is 0. The molecule has 0 radical (unpaired) electrons. The van der Waals surface area contributed by atoms with Gasteiger partial charge in [0.1, 0.15) is 0 Å². The fourth-order valence-electron chi connectivity index (χ4n) is 0. The molecule has 0 fully saturated rings. The van der Waals surface area contributed by atoms with Crippen LogP contribution in [0.3, 0.4) is 0 Å². The van der Waals surface area contributed by atoms with E-state index in [1.165, 1.54) is 0 Å². The first-order valence-electron chi connectivity index (χ1n) is 0.617. The van der Waals surface area contributed by atoms with Gasteiger partial charge in [-0.15, -0.1) is 0 Å². The molecule has 0 spiro atoms. The number of hydrogen-bond donors (Lipinski definition) is 1. The molecule has 0 heterocycles. The van der Waals surface area contributed by atoms with Crippen LogP contribution in [0.1, 0.15) is 5.71 Å². The van der Waals surface area contributed by atoms with Crippen LogP contribution < -0.4 is 0 Å². The van der Waals surface area contributed by atoms with E-state index in [-0.39, 0.29) is 61.3 Å². The molecule has 6 heavy (non-hydrogen) atoms. The van der Waals surface area contributed by atoms with Crippen LogP contribution in [0.5, 0.6) is 0 Å². The summed E-state index contributed by atoms with van der Waals surface area (Å²) in [4.78, 5) is 7.37. The molecule has 1 N–H and O–H groups in total. The molecule has 0 atom stereocenters. The molecular formula is H5BeClO2SiSr. The molecule has 0 bridgehead atoms. The van der Waals surface area contributed by atoms with Crippen LogP contribution in [0, 0.1) is 0 Å². The van der Waals surface area contributed by atoms with Crippen molar-refractivity contribution in [1.82, 2.24) is 0 Å². The Balaban J connectivity index is -0.00000000300. The summed E-state index contributed by atoms with van der Waals surface area (Å²) < 4.78 is 8.95. The predicted molar refractivity (Wildman–Crippen MR) is 30.5 cm³/mol. The minimum atomic E-state index is -2.66. The summed E-state index contributed by atoms with van der Waals surface area (Å²) >= 11 is 4.38. The minimum absolute atomic E-state index is 0. The van der Waals surface area contributed by atoms with Crippen LogP contribution in [-0.4, -0.2) is 68.6 Å². The molecule has 0 aromatic rings. The Hall–Kier alpha value is 1.76. The van der Waals surface area contributed by atoms with E-state index < -0.39 is 8.24 Å². The SMILES string of the molecule is O=[Si](O)Cl.[Be+2].[H-].[H-].[H-].[H-].[Sr+2]. The van der Waals surface area contributed by atoms with Gasteiger partial charge in [0.15, 0.2) is 0 Å². The van der Waals surface area contributed by atoms with E-state index >= 15 is 0 Å². The van der Waals surface area contributed by atoms with Crippen molar-refractivity contribution in [3.05, 3.63) is 0 Å². The van der Waals surface area contributed by atoms with Gasteiger partial charge < -0.3 is 15.0 Å². The zero-order valence-corrected chi connectivity index (χ0v) is 8.38. The van der Waals surface area contributed by atoms with Gasteiger partial charge in [0.05, 0.1) is 0 Å². The van der Waals surface area contributed by atoms with Crippen LogP contribution in [0.25, 0.3) is 0 Å². The molecular weight excluding hydrogens is 192 g/mol. The topological polar surface area (TPSA) is 37.3 Å². The number of hydrogen-bond acceptors (Lipinski definition) is 1. The number of halogens is 1. The van der Waals surface area contributed by atoms with E-state index in [1.807, 2.05) is 0 Å². The van der Waals surface area contributed by atoms with Gasteiger partial charge in [0, 0.05) is 0 Å². The zero-order chi connectivity index (χ0) is 3.58. The molecule has 0 aromatic carbocycles. The minimum Gasteiger partial charge on any atom is -1.00 e. The van der Waals surface area contributed by atoms with Gasteiger partial charge in [0.25, 0.3) is 0 Å². The Labute approximate surface area is 88.8 Å². The molecule has 0 unspecified atom stereocenters. The van der Waals surface area contributed by atoms with E-state index in [2.05, 4.69) is 11.1 Å². The maximum atomic E-state index is 8.95. The summed E-state index contributed by atoms with van der Waals surface area (Å²) in [7, 11) is -2.66. The van der Waals surface area contributed by atoms with Crippen molar-refractivity contribution >= 4 is 74.9 Å². The summed E-state index contributed by atoms with van der Waals surface area (Å²) in [6, 6.07) is 0. The fraction of sp³-hybridized carbons (Fsp3) is 0. The standard InChI is InChI=1S/Be.ClHO2Si.Sr.4H/c;1-4(2)3;;;;;/h;2H;;;;;/q+2;;+2;4*-1. The van der Waals surface area contributed by atoms with E-state index in [9.17, 15) is 0 Å². The third-order valence-corrected chi connectivity index (χ3v) is 0. The first kappa shape index (κ1) is 15.7. The monoisotopic (exact) mass is 197 g/mol. The maximum Gasteiger partial charge on any atom is 2.00 e. The number of rotatable bonds is 0. The average Bonchev–Trinajstić information content (AvgIpc) is 0.811. The van der Waals surface area contributed by atoms with Crippen molar-refractivity contribution in [3.63, 3.8) is 0 Å². The summed E-state index contributed by atoms with van der Waals surface area (Å²) in [5, 5.41) is 0. The van der Waals surface area contributed by atoms with Crippen LogP contribution in [0.4, 0.5) is 0 Å². The normalized spacial score (nSPS) is 4.17. The van der Waals surface area contributed by atoms with Gasteiger partial charge in [0.2, 0.25) is 0 Å². The molecule has 0 amide bonds. The Morgan fingerprint density at radius 2 is 1.83 bits per heavy atom. The van der Waals surface area contributed by atoms with Gasteiger partial charge in [-0.05, 0) is 11.1 Å². The molecule has 0 aliphatic rings.